The van der Waals surface area contributed by atoms with E-state index < -0.39 is 12.7 Å². The van der Waals surface area contributed by atoms with E-state index in [0.717, 1.165) is 10.9 Å². The normalized spacial score (nSPS) is 16.7. The highest BCUT2D eigenvalue weighted by atomic mass is 35.5. The molecule has 1 aromatic heterocycles. The molecule has 0 unspecified atom stereocenters. The van der Waals surface area contributed by atoms with Gasteiger partial charge in [-0.1, -0.05) is 11.6 Å². The molecule has 0 saturated carbocycles. The molecule has 2 heterocycles. The zero-order valence-electron chi connectivity index (χ0n) is 11.6. The number of likely N-dealkylation sites (tertiary alicyclic amines) is 1. The van der Waals surface area contributed by atoms with Crippen molar-refractivity contribution in [1.82, 2.24) is 14.9 Å². The first kappa shape index (κ1) is 15.3. The van der Waals surface area contributed by atoms with E-state index in [1.807, 2.05) is 6.07 Å². The van der Waals surface area contributed by atoms with Gasteiger partial charge in [0.1, 0.15) is 12.1 Å². The van der Waals surface area contributed by atoms with Crippen LogP contribution in [0.4, 0.5) is 19.0 Å². The predicted octanol–water partition coefficient (Wildman–Crippen LogP) is 3.19. The van der Waals surface area contributed by atoms with E-state index in [-0.39, 0.29) is 5.92 Å². The quantitative estimate of drug-likeness (QED) is 0.934. The number of nitrogens with one attached hydrogen (secondary N) is 1. The molecule has 8 heteroatoms. The first-order valence-corrected chi connectivity index (χ1v) is 7.22. The van der Waals surface area contributed by atoms with Crippen LogP contribution >= 0.6 is 11.6 Å². The standard InChI is InChI=1S/C14H14ClF3N4/c15-10-1-2-11-12(3-10)20-8-21-13(11)19-4-9-5-22(6-9)7-14(16,17)18/h1-3,8-9H,4-7H2,(H,19,20,21). The highest BCUT2D eigenvalue weighted by Gasteiger charge is 2.36. The summed E-state index contributed by atoms with van der Waals surface area (Å²) < 4.78 is 36.7. The lowest BCUT2D eigenvalue weighted by atomic mass is 10.0. The summed E-state index contributed by atoms with van der Waals surface area (Å²) in [6.07, 6.45) is -2.68. The second-order valence-electron chi connectivity index (χ2n) is 5.44. The van der Waals surface area contributed by atoms with Crippen molar-refractivity contribution in [2.45, 2.75) is 6.18 Å². The number of aromatic nitrogens is 2. The van der Waals surface area contributed by atoms with Gasteiger partial charge in [0.25, 0.3) is 0 Å². The summed E-state index contributed by atoms with van der Waals surface area (Å²) in [5.41, 5.74) is 0.734. The maximum absolute atomic E-state index is 12.2. The fraction of sp³-hybridized carbons (Fsp3) is 0.429. The number of rotatable bonds is 4. The van der Waals surface area contributed by atoms with Gasteiger partial charge in [-0.05, 0) is 18.2 Å². The first-order chi connectivity index (χ1) is 10.4. The Kier molecular flexibility index (Phi) is 4.10. The van der Waals surface area contributed by atoms with Crippen molar-refractivity contribution in [2.75, 3.05) is 31.5 Å². The van der Waals surface area contributed by atoms with Gasteiger partial charge >= 0.3 is 6.18 Å². The van der Waals surface area contributed by atoms with E-state index >= 15 is 0 Å². The van der Waals surface area contributed by atoms with Crippen molar-refractivity contribution < 1.29 is 13.2 Å². The zero-order valence-corrected chi connectivity index (χ0v) is 12.3. The molecule has 3 rings (SSSR count). The molecule has 0 radical (unpaired) electrons. The van der Waals surface area contributed by atoms with Crippen LogP contribution in [0.1, 0.15) is 0 Å². The summed E-state index contributed by atoms with van der Waals surface area (Å²) in [4.78, 5) is 9.73. The van der Waals surface area contributed by atoms with Gasteiger partial charge in [-0.15, -0.1) is 0 Å². The zero-order chi connectivity index (χ0) is 15.7. The SMILES string of the molecule is FC(F)(F)CN1CC(CNc2ncnc3cc(Cl)ccc23)C1. The summed E-state index contributed by atoms with van der Waals surface area (Å²) in [6.45, 7) is 0.643. The Hall–Kier alpha value is -1.60. The maximum Gasteiger partial charge on any atom is 0.401 e. The minimum atomic E-state index is -4.12. The molecule has 4 nitrogen and oxygen atoms in total. The van der Waals surface area contributed by atoms with Crippen LogP contribution in [0.2, 0.25) is 5.02 Å². The highest BCUT2D eigenvalue weighted by molar-refractivity contribution is 6.31. The molecule has 118 valence electrons. The van der Waals surface area contributed by atoms with Crippen molar-refractivity contribution in [1.29, 1.82) is 0 Å². The van der Waals surface area contributed by atoms with Crippen molar-refractivity contribution in [3.05, 3.63) is 29.5 Å². The van der Waals surface area contributed by atoms with Gasteiger partial charge in [-0.3, -0.25) is 4.90 Å². The summed E-state index contributed by atoms with van der Waals surface area (Å²) in [7, 11) is 0. The van der Waals surface area contributed by atoms with E-state index in [4.69, 9.17) is 11.6 Å². The van der Waals surface area contributed by atoms with E-state index in [2.05, 4.69) is 15.3 Å². The lowest BCUT2D eigenvalue weighted by Gasteiger charge is -2.39. The van der Waals surface area contributed by atoms with E-state index in [9.17, 15) is 13.2 Å². The number of alkyl halides is 3. The molecule has 1 fully saturated rings. The molecular formula is C14H14ClF3N4. The van der Waals surface area contributed by atoms with Crippen LogP contribution in [0.5, 0.6) is 0 Å². The molecule has 2 aromatic rings. The Morgan fingerprint density at radius 2 is 2.05 bits per heavy atom. The van der Waals surface area contributed by atoms with Gasteiger partial charge in [0.15, 0.2) is 0 Å². The third-order valence-corrected chi connectivity index (χ3v) is 3.83. The predicted molar refractivity (Wildman–Crippen MR) is 79.0 cm³/mol. The van der Waals surface area contributed by atoms with E-state index in [1.165, 1.54) is 11.2 Å². The molecule has 1 aromatic carbocycles. The smallest absolute Gasteiger partial charge is 0.369 e. The minimum absolute atomic E-state index is 0.194. The van der Waals surface area contributed by atoms with Crippen molar-refractivity contribution in [2.24, 2.45) is 5.92 Å². The Balaban J connectivity index is 1.57. The van der Waals surface area contributed by atoms with Crippen molar-refractivity contribution >= 4 is 28.3 Å². The Labute approximate surface area is 130 Å². The number of hydrogen-bond donors (Lipinski definition) is 1. The van der Waals surface area contributed by atoms with Crippen molar-refractivity contribution in [3.8, 4) is 0 Å². The molecule has 1 saturated heterocycles. The van der Waals surface area contributed by atoms with Crippen LogP contribution in [0, 0.1) is 5.92 Å². The van der Waals surface area contributed by atoms with E-state index in [0.29, 0.717) is 30.5 Å². The van der Waals surface area contributed by atoms with Crippen LogP contribution in [0.25, 0.3) is 10.9 Å². The van der Waals surface area contributed by atoms with Crippen LogP contribution in [-0.2, 0) is 0 Å². The second-order valence-corrected chi connectivity index (χ2v) is 5.88. The first-order valence-electron chi connectivity index (χ1n) is 6.84. The molecule has 1 aliphatic rings. The molecule has 1 N–H and O–H groups in total. The number of nitrogens with zero attached hydrogens (tertiary/aromatic N) is 3. The summed E-state index contributed by atoms with van der Waals surface area (Å²) in [5.74, 6) is 0.871. The number of anilines is 1. The molecular weight excluding hydrogens is 317 g/mol. The van der Waals surface area contributed by atoms with Crippen LogP contribution in [0.15, 0.2) is 24.5 Å². The Morgan fingerprint density at radius 3 is 2.77 bits per heavy atom. The topological polar surface area (TPSA) is 41.0 Å². The van der Waals surface area contributed by atoms with Gasteiger partial charge < -0.3 is 5.32 Å². The van der Waals surface area contributed by atoms with Crippen molar-refractivity contribution in [3.63, 3.8) is 0 Å². The summed E-state index contributed by atoms with van der Waals surface area (Å²) in [5, 5.41) is 4.63. The number of hydrogen-bond acceptors (Lipinski definition) is 4. The molecule has 0 aliphatic carbocycles. The second kappa shape index (κ2) is 5.89. The Bertz CT molecular complexity index is 671. The lowest BCUT2D eigenvalue weighted by Crippen LogP contribution is -2.52. The molecule has 0 amide bonds. The molecule has 0 atom stereocenters. The monoisotopic (exact) mass is 330 g/mol. The maximum atomic E-state index is 12.2. The number of fused-ring (bicyclic) bond motifs is 1. The fourth-order valence-electron chi connectivity index (χ4n) is 2.60. The number of halogens is 4. The van der Waals surface area contributed by atoms with Gasteiger partial charge in [-0.25, -0.2) is 9.97 Å². The average molecular weight is 331 g/mol. The van der Waals surface area contributed by atoms with Crippen LogP contribution < -0.4 is 5.32 Å². The van der Waals surface area contributed by atoms with Gasteiger partial charge in [0.05, 0.1) is 12.1 Å². The Morgan fingerprint density at radius 1 is 1.27 bits per heavy atom. The number of benzene rings is 1. The van der Waals surface area contributed by atoms with Gasteiger partial charge in [0, 0.05) is 36.0 Å². The third-order valence-electron chi connectivity index (χ3n) is 3.59. The molecule has 1 aliphatic heterocycles. The van der Waals surface area contributed by atoms with E-state index in [1.54, 1.807) is 12.1 Å². The summed E-state index contributed by atoms with van der Waals surface area (Å²) >= 11 is 5.92. The fourth-order valence-corrected chi connectivity index (χ4v) is 2.77. The van der Waals surface area contributed by atoms with Crippen LogP contribution in [0.3, 0.4) is 0 Å². The van der Waals surface area contributed by atoms with Gasteiger partial charge in [-0.2, -0.15) is 13.2 Å². The molecule has 0 spiro atoms. The van der Waals surface area contributed by atoms with Crippen LogP contribution in [-0.4, -0.2) is 47.2 Å². The minimum Gasteiger partial charge on any atom is -0.369 e. The largest absolute Gasteiger partial charge is 0.401 e. The third kappa shape index (κ3) is 3.59. The summed E-state index contributed by atoms with van der Waals surface area (Å²) in [6, 6.07) is 5.34. The lowest BCUT2D eigenvalue weighted by molar-refractivity contribution is -0.157. The molecule has 0 bridgehead atoms. The molecule has 22 heavy (non-hydrogen) atoms. The average Bonchev–Trinajstić information content (AvgIpc) is 2.39. The highest BCUT2D eigenvalue weighted by Crippen LogP contribution is 2.25. The van der Waals surface area contributed by atoms with Gasteiger partial charge in [0.2, 0.25) is 0 Å².